The van der Waals surface area contributed by atoms with Crippen LogP contribution in [0.2, 0.25) is 0 Å². The van der Waals surface area contributed by atoms with Gasteiger partial charge in [0.2, 0.25) is 0 Å². The maximum Gasteiger partial charge on any atom is 0.0462 e. The highest BCUT2D eigenvalue weighted by Gasteiger charge is 2.24. The van der Waals surface area contributed by atoms with E-state index in [2.05, 4.69) is 42.6 Å². The Morgan fingerprint density at radius 1 is 1.15 bits per heavy atom. The Kier molecular flexibility index (Phi) is 6.55. The molecule has 1 aromatic carbocycles. The second-order valence-electron chi connectivity index (χ2n) is 6.32. The standard InChI is InChI=1S/C18H29NO/c1-15(11-12-16-7-3-2-4-8-16)19-13-17-9-5-6-10-18(17)14-20/h2-4,7-8,15,17-20H,5-6,9-14H2,1H3. The molecule has 2 N–H and O–H groups in total. The van der Waals surface area contributed by atoms with Crippen molar-refractivity contribution in [3.05, 3.63) is 35.9 Å². The largest absolute Gasteiger partial charge is 0.396 e. The molecule has 3 unspecified atom stereocenters. The van der Waals surface area contributed by atoms with Crippen LogP contribution in [0.15, 0.2) is 30.3 Å². The van der Waals surface area contributed by atoms with Gasteiger partial charge in [-0.05, 0) is 56.6 Å². The minimum atomic E-state index is 0.366. The number of aliphatic hydroxyl groups excluding tert-OH is 1. The van der Waals surface area contributed by atoms with Crippen molar-refractivity contribution in [2.75, 3.05) is 13.2 Å². The van der Waals surface area contributed by atoms with Crippen molar-refractivity contribution in [3.8, 4) is 0 Å². The minimum Gasteiger partial charge on any atom is -0.396 e. The molecule has 20 heavy (non-hydrogen) atoms. The minimum absolute atomic E-state index is 0.366. The zero-order valence-electron chi connectivity index (χ0n) is 12.7. The normalized spacial score (nSPS) is 24.5. The van der Waals surface area contributed by atoms with Crippen molar-refractivity contribution in [3.63, 3.8) is 0 Å². The number of aryl methyl sites for hydroxylation is 1. The van der Waals surface area contributed by atoms with Gasteiger partial charge in [0.25, 0.3) is 0 Å². The highest BCUT2D eigenvalue weighted by Crippen LogP contribution is 2.29. The first kappa shape index (κ1) is 15.5. The van der Waals surface area contributed by atoms with E-state index in [1.54, 1.807) is 0 Å². The average molecular weight is 275 g/mol. The molecule has 0 saturated heterocycles. The molecular formula is C18H29NO. The second kappa shape index (κ2) is 8.43. The van der Waals surface area contributed by atoms with E-state index in [1.807, 2.05) is 0 Å². The van der Waals surface area contributed by atoms with Crippen LogP contribution >= 0.6 is 0 Å². The summed E-state index contributed by atoms with van der Waals surface area (Å²) in [5, 5.41) is 13.1. The van der Waals surface area contributed by atoms with Gasteiger partial charge in [-0.1, -0.05) is 43.2 Å². The highest BCUT2D eigenvalue weighted by molar-refractivity contribution is 5.14. The van der Waals surface area contributed by atoms with E-state index < -0.39 is 0 Å². The lowest BCUT2D eigenvalue weighted by Crippen LogP contribution is -2.36. The lowest BCUT2D eigenvalue weighted by atomic mass is 9.79. The number of hydrogen-bond acceptors (Lipinski definition) is 2. The van der Waals surface area contributed by atoms with E-state index in [1.165, 1.54) is 37.7 Å². The smallest absolute Gasteiger partial charge is 0.0462 e. The molecule has 0 spiro atoms. The molecule has 1 aromatic rings. The van der Waals surface area contributed by atoms with Crippen molar-refractivity contribution < 1.29 is 5.11 Å². The molecule has 2 rings (SSSR count). The third-order valence-electron chi connectivity index (χ3n) is 4.74. The fourth-order valence-electron chi connectivity index (χ4n) is 3.28. The monoisotopic (exact) mass is 275 g/mol. The van der Waals surface area contributed by atoms with Gasteiger partial charge in [-0.25, -0.2) is 0 Å². The predicted molar refractivity (Wildman–Crippen MR) is 84.8 cm³/mol. The van der Waals surface area contributed by atoms with Crippen LogP contribution in [0.1, 0.15) is 44.6 Å². The Morgan fingerprint density at radius 2 is 1.85 bits per heavy atom. The van der Waals surface area contributed by atoms with Gasteiger partial charge in [-0.15, -0.1) is 0 Å². The maximum atomic E-state index is 9.45. The summed E-state index contributed by atoms with van der Waals surface area (Å²) < 4.78 is 0. The van der Waals surface area contributed by atoms with Crippen molar-refractivity contribution >= 4 is 0 Å². The van der Waals surface area contributed by atoms with Gasteiger partial charge in [0.1, 0.15) is 0 Å². The van der Waals surface area contributed by atoms with Crippen LogP contribution < -0.4 is 5.32 Å². The first-order chi connectivity index (χ1) is 9.79. The van der Waals surface area contributed by atoms with E-state index in [0.29, 0.717) is 24.5 Å². The van der Waals surface area contributed by atoms with Gasteiger partial charge in [0.15, 0.2) is 0 Å². The summed E-state index contributed by atoms with van der Waals surface area (Å²) in [4.78, 5) is 0. The van der Waals surface area contributed by atoms with E-state index in [9.17, 15) is 5.11 Å². The van der Waals surface area contributed by atoms with Crippen LogP contribution in [0.3, 0.4) is 0 Å². The van der Waals surface area contributed by atoms with Gasteiger partial charge in [0.05, 0.1) is 0 Å². The SMILES string of the molecule is CC(CCc1ccccc1)NCC1CCCCC1CO. The number of aliphatic hydroxyl groups is 1. The Labute approximate surface area is 123 Å². The molecule has 1 saturated carbocycles. The van der Waals surface area contributed by atoms with E-state index in [-0.39, 0.29) is 0 Å². The quantitative estimate of drug-likeness (QED) is 0.799. The van der Waals surface area contributed by atoms with Crippen LogP contribution in [-0.4, -0.2) is 24.3 Å². The zero-order valence-corrected chi connectivity index (χ0v) is 12.7. The number of rotatable bonds is 7. The van der Waals surface area contributed by atoms with Crippen LogP contribution in [0.5, 0.6) is 0 Å². The van der Waals surface area contributed by atoms with Crippen molar-refractivity contribution in [1.82, 2.24) is 5.32 Å². The number of benzene rings is 1. The van der Waals surface area contributed by atoms with Gasteiger partial charge in [-0.2, -0.15) is 0 Å². The third kappa shape index (κ3) is 4.92. The summed E-state index contributed by atoms with van der Waals surface area (Å²) in [6, 6.07) is 11.3. The Hall–Kier alpha value is -0.860. The van der Waals surface area contributed by atoms with Gasteiger partial charge in [0, 0.05) is 12.6 Å². The molecule has 1 aliphatic carbocycles. The first-order valence-corrected chi connectivity index (χ1v) is 8.17. The fraction of sp³-hybridized carbons (Fsp3) is 0.667. The second-order valence-corrected chi connectivity index (χ2v) is 6.32. The van der Waals surface area contributed by atoms with Crippen LogP contribution in [0.25, 0.3) is 0 Å². The molecule has 1 fully saturated rings. The fourth-order valence-corrected chi connectivity index (χ4v) is 3.28. The Bertz CT molecular complexity index is 365. The topological polar surface area (TPSA) is 32.3 Å². The molecule has 112 valence electrons. The lowest BCUT2D eigenvalue weighted by Gasteiger charge is -2.31. The Balaban J connectivity index is 1.67. The summed E-state index contributed by atoms with van der Waals surface area (Å²) in [6.07, 6.45) is 7.45. The van der Waals surface area contributed by atoms with Crippen molar-refractivity contribution in [2.24, 2.45) is 11.8 Å². The van der Waals surface area contributed by atoms with Crippen molar-refractivity contribution in [2.45, 2.75) is 51.5 Å². The molecule has 0 aromatic heterocycles. The van der Waals surface area contributed by atoms with Gasteiger partial charge in [-0.3, -0.25) is 0 Å². The molecule has 0 heterocycles. The lowest BCUT2D eigenvalue weighted by molar-refractivity contribution is 0.131. The molecule has 0 aliphatic heterocycles. The van der Waals surface area contributed by atoms with E-state index >= 15 is 0 Å². The molecule has 2 heteroatoms. The van der Waals surface area contributed by atoms with E-state index in [4.69, 9.17) is 0 Å². The van der Waals surface area contributed by atoms with E-state index in [0.717, 1.165) is 13.0 Å². The molecule has 0 bridgehead atoms. The highest BCUT2D eigenvalue weighted by atomic mass is 16.3. The molecule has 0 amide bonds. The number of nitrogens with one attached hydrogen (secondary N) is 1. The van der Waals surface area contributed by atoms with Gasteiger partial charge >= 0.3 is 0 Å². The number of hydrogen-bond donors (Lipinski definition) is 2. The molecular weight excluding hydrogens is 246 g/mol. The molecule has 2 nitrogen and oxygen atoms in total. The maximum absolute atomic E-state index is 9.45. The molecule has 3 atom stereocenters. The van der Waals surface area contributed by atoms with Crippen LogP contribution in [0.4, 0.5) is 0 Å². The summed E-state index contributed by atoms with van der Waals surface area (Å²) in [5.41, 5.74) is 1.42. The Morgan fingerprint density at radius 3 is 2.55 bits per heavy atom. The molecule has 0 radical (unpaired) electrons. The summed E-state index contributed by atoms with van der Waals surface area (Å²) in [7, 11) is 0. The predicted octanol–water partition coefficient (Wildman–Crippen LogP) is 3.40. The molecule has 1 aliphatic rings. The van der Waals surface area contributed by atoms with Gasteiger partial charge < -0.3 is 10.4 Å². The van der Waals surface area contributed by atoms with Crippen molar-refractivity contribution in [1.29, 1.82) is 0 Å². The summed E-state index contributed by atoms with van der Waals surface area (Å²) in [5.74, 6) is 1.20. The zero-order chi connectivity index (χ0) is 14.2. The summed E-state index contributed by atoms with van der Waals surface area (Å²) >= 11 is 0. The first-order valence-electron chi connectivity index (χ1n) is 8.17. The summed E-state index contributed by atoms with van der Waals surface area (Å²) in [6.45, 7) is 3.71. The third-order valence-corrected chi connectivity index (χ3v) is 4.74. The van der Waals surface area contributed by atoms with Crippen LogP contribution in [-0.2, 0) is 6.42 Å². The van der Waals surface area contributed by atoms with Crippen LogP contribution in [0, 0.1) is 11.8 Å². The average Bonchev–Trinajstić information content (AvgIpc) is 2.52.